The topological polar surface area (TPSA) is 80.8 Å². The Morgan fingerprint density at radius 2 is 1.73 bits per heavy atom. The molecule has 0 N–H and O–H groups in total. The van der Waals surface area contributed by atoms with E-state index in [-0.39, 0.29) is 18.0 Å². The lowest BCUT2D eigenvalue weighted by molar-refractivity contribution is 0.342. The van der Waals surface area contributed by atoms with Crippen molar-refractivity contribution in [2.24, 2.45) is 0 Å². The summed E-state index contributed by atoms with van der Waals surface area (Å²) >= 11 is 0. The molecule has 22 heavy (non-hydrogen) atoms. The fourth-order valence-electron chi connectivity index (χ4n) is 2.63. The van der Waals surface area contributed by atoms with Gasteiger partial charge in [-0.05, 0) is 37.5 Å². The molecular formula is C14H21NO5S2. The molecule has 1 heterocycles. The summed E-state index contributed by atoms with van der Waals surface area (Å²) in [5, 5.41) is -0.460. The van der Waals surface area contributed by atoms with Gasteiger partial charge in [-0.3, -0.25) is 0 Å². The van der Waals surface area contributed by atoms with Crippen LogP contribution in [0.1, 0.15) is 18.4 Å². The molecule has 0 amide bonds. The van der Waals surface area contributed by atoms with Crippen LogP contribution in [0.5, 0.6) is 5.75 Å². The Morgan fingerprint density at radius 3 is 2.23 bits per heavy atom. The summed E-state index contributed by atoms with van der Waals surface area (Å²) in [5.41, 5.74) is 0.824. The SMILES string of the molecule is COc1ccc(C)cc1S(=O)(=O)N1CCC(S(C)(=O)=O)CC1. The molecule has 1 aromatic carbocycles. The maximum absolute atomic E-state index is 12.8. The number of nitrogens with zero attached hydrogens (tertiary/aromatic N) is 1. The molecule has 1 aromatic rings. The second-order valence-corrected chi connectivity index (χ2v) is 9.82. The highest BCUT2D eigenvalue weighted by Crippen LogP contribution is 2.30. The molecule has 1 saturated heterocycles. The first-order chi connectivity index (χ1) is 10.2. The first kappa shape index (κ1) is 17.2. The molecule has 0 spiro atoms. The maximum Gasteiger partial charge on any atom is 0.246 e. The van der Waals surface area contributed by atoms with Crippen molar-refractivity contribution in [3.63, 3.8) is 0 Å². The molecule has 1 aliphatic heterocycles. The number of hydrogen-bond donors (Lipinski definition) is 0. The Labute approximate surface area is 132 Å². The van der Waals surface area contributed by atoms with Crippen LogP contribution in [-0.2, 0) is 19.9 Å². The van der Waals surface area contributed by atoms with E-state index in [0.29, 0.717) is 18.6 Å². The van der Waals surface area contributed by atoms with Gasteiger partial charge in [0.1, 0.15) is 20.5 Å². The third kappa shape index (κ3) is 3.44. The molecule has 0 aliphatic carbocycles. The van der Waals surface area contributed by atoms with Gasteiger partial charge in [-0.25, -0.2) is 16.8 Å². The highest BCUT2D eigenvalue weighted by atomic mass is 32.2. The standard InChI is InChI=1S/C14H21NO5S2/c1-11-4-5-13(20-2)14(10-11)22(18,19)15-8-6-12(7-9-15)21(3,16)17/h4-5,10,12H,6-9H2,1-3H3. The van der Waals surface area contributed by atoms with Crippen molar-refractivity contribution in [3.05, 3.63) is 23.8 Å². The average molecular weight is 347 g/mol. The Hall–Kier alpha value is -1.12. The summed E-state index contributed by atoms with van der Waals surface area (Å²) in [4.78, 5) is 0.132. The normalized spacial score (nSPS) is 18.3. The molecule has 0 radical (unpaired) electrons. The fraction of sp³-hybridized carbons (Fsp3) is 0.571. The van der Waals surface area contributed by atoms with Gasteiger partial charge in [-0.15, -0.1) is 0 Å². The molecule has 0 saturated carbocycles. The van der Waals surface area contributed by atoms with Crippen molar-refractivity contribution < 1.29 is 21.6 Å². The zero-order chi connectivity index (χ0) is 16.5. The molecule has 0 aromatic heterocycles. The van der Waals surface area contributed by atoms with Crippen molar-refractivity contribution in [1.82, 2.24) is 4.31 Å². The average Bonchev–Trinajstić information content (AvgIpc) is 2.46. The number of aryl methyl sites for hydroxylation is 1. The summed E-state index contributed by atoms with van der Waals surface area (Å²) in [6.45, 7) is 2.22. The number of sulfone groups is 1. The Bertz CT molecular complexity index is 747. The molecule has 8 heteroatoms. The van der Waals surface area contributed by atoms with Crippen LogP contribution in [0.25, 0.3) is 0 Å². The molecule has 1 fully saturated rings. The number of ether oxygens (including phenoxy) is 1. The maximum atomic E-state index is 12.8. The van der Waals surface area contributed by atoms with E-state index >= 15 is 0 Å². The zero-order valence-corrected chi connectivity index (χ0v) is 14.6. The molecule has 0 bridgehead atoms. The first-order valence-electron chi connectivity index (χ1n) is 7.00. The van der Waals surface area contributed by atoms with Gasteiger partial charge in [0, 0.05) is 19.3 Å². The van der Waals surface area contributed by atoms with Crippen molar-refractivity contribution in [3.8, 4) is 5.75 Å². The number of piperidine rings is 1. The van der Waals surface area contributed by atoms with Crippen LogP contribution >= 0.6 is 0 Å². The lowest BCUT2D eigenvalue weighted by Gasteiger charge is -2.30. The van der Waals surface area contributed by atoms with E-state index in [0.717, 1.165) is 5.56 Å². The minimum absolute atomic E-state index is 0.132. The van der Waals surface area contributed by atoms with Crippen molar-refractivity contribution in [2.75, 3.05) is 26.5 Å². The first-order valence-corrected chi connectivity index (χ1v) is 10.4. The van der Waals surface area contributed by atoms with Crippen LogP contribution < -0.4 is 4.74 Å². The Morgan fingerprint density at radius 1 is 1.14 bits per heavy atom. The van der Waals surface area contributed by atoms with Crippen LogP contribution in [0.2, 0.25) is 0 Å². The molecule has 2 rings (SSSR count). The lowest BCUT2D eigenvalue weighted by Crippen LogP contribution is -2.42. The van der Waals surface area contributed by atoms with Crippen LogP contribution in [-0.4, -0.2) is 52.8 Å². The largest absolute Gasteiger partial charge is 0.495 e. The number of hydrogen-bond acceptors (Lipinski definition) is 5. The van der Waals surface area contributed by atoms with E-state index in [9.17, 15) is 16.8 Å². The van der Waals surface area contributed by atoms with Crippen molar-refractivity contribution in [2.45, 2.75) is 29.9 Å². The van der Waals surface area contributed by atoms with Crippen molar-refractivity contribution >= 4 is 19.9 Å². The van der Waals surface area contributed by atoms with Crippen LogP contribution in [0, 0.1) is 6.92 Å². The second kappa shape index (κ2) is 6.17. The zero-order valence-electron chi connectivity index (χ0n) is 12.9. The van der Waals surface area contributed by atoms with Gasteiger partial charge in [0.15, 0.2) is 0 Å². The fourth-order valence-corrected chi connectivity index (χ4v) is 5.40. The molecule has 6 nitrogen and oxygen atoms in total. The van der Waals surface area contributed by atoms with E-state index < -0.39 is 25.1 Å². The summed E-state index contributed by atoms with van der Waals surface area (Å²) in [6, 6.07) is 5.00. The van der Waals surface area contributed by atoms with Gasteiger partial charge < -0.3 is 4.74 Å². The summed E-state index contributed by atoms with van der Waals surface area (Å²) in [7, 11) is -5.38. The van der Waals surface area contributed by atoms with E-state index in [4.69, 9.17) is 4.74 Å². The van der Waals surface area contributed by atoms with Gasteiger partial charge in [-0.2, -0.15) is 4.31 Å². The number of methoxy groups -OCH3 is 1. The van der Waals surface area contributed by atoms with E-state index in [1.807, 2.05) is 6.92 Å². The Balaban J connectivity index is 2.28. The van der Waals surface area contributed by atoms with E-state index in [1.165, 1.54) is 17.7 Å². The van der Waals surface area contributed by atoms with Gasteiger partial charge in [0.25, 0.3) is 0 Å². The van der Waals surface area contributed by atoms with Gasteiger partial charge in [0.2, 0.25) is 10.0 Å². The van der Waals surface area contributed by atoms with Gasteiger partial charge in [0.05, 0.1) is 12.4 Å². The molecule has 0 unspecified atom stereocenters. The summed E-state index contributed by atoms with van der Waals surface area (Å²) < 4.78 is 55.2. The van der Waals surface area contributed by atoms with Gasteiger partial charge >= 0.3 is 0 Å². The third-order valence-electron chi connectivity index (χ3n) is 3.94. The minimum atomic E-state index is -3.68. The van der Waals surface area contributed by atoms with Crippen LogP contribution in [0.3, 0.4) is 0 Å². The Kier molecular flexibility index (Phi) is 4.84. The lowest BCUT2D eigenvalue weighted by atomic mass is 10.2. The van der Waals surface area contributed by atoms with Crippen LogP contribution in [0.15, 0.2) is 23.1 Å². The number of rotatable bonds is 4. The highest BCUT2D eigenvalue weighted by molar-refractivity contribution is 7.91. The quantitative estimate of drug-likeness (QED) is 0.817. The minimum Gasteiger partial charge on any atom is -0.495 e. The molecule has 1 aliphatic rings. The predicted molar refractivity (Wildman–Crippen MR) is 84.4 cm³/mol. The molecule has 124 valence electrons. The molecular weight excluding hydrogens is 326 g/mol. The smallest absolute Gasteiger partial charge is 0.246 e. The number of benzene rings is 1. The van der Waals surface area contributed by atoms with E-state index in [1.54, 1.807) is 18.2 Å². The molecule has 0 atom stereocenters. The monoisotopic (exact) mass is 347 g/mol. The summed E-state index contributed by atoms with van der Waals surface area (Å²) in [6.07, 6.45) is 1.85. The third-order valence-corrected chi connectivity index (χ3v) is 7.55. The predicted octanol–water partition coefficient (Wildman–Crippen LogP) is 1.20. The second-order valence-electron chi connectivity index (χ2n) is 5.59. The van der Waals surface area contributed by atoms with Crippen LogP contribution in [0.4, 0.5) is 0 Å². The van der Waals surface area contributed by atoms with Crippen molar-refractivity contribution in [1.29, 1.82) is 0 Å². The van der Waals surface area contributed by atoms with Gasteiger partial charge in [-0.1, -0.05) is 6.07 Å². The van der Waals surface area contributed by atoms with E-state index in [2.05, 4.69) is 0 Å². The summed E-state index contributed by atoms with van der Waals surface area (Å²) in [5.74, 6) is 0.302. The number of sulfonamides is 1. The highest BCUT2D eigenvalue weighted by Gasteiger charge is 2.34.